The second-order valence-electron chi connectivity index (χ2n) is 4.85. The number of sulfonamides is 1. The van der Waals surface area contributed by atoms with Crippen molar-refractivity contribution in [1.29, 1.82) is 0 Å². The zero-order valence-corrected chi connectivity index (χ0v) is 11.7. The molecule has 2 aliphatic rings. The van der Waals surface area contributed by atoms with E-state index in [1.165, 1.54) is 6.07 Å². The second-order valence-corrected chi connectivity index (χ2v) is 6.51. The van der Waals surface area contributed by atoms with Gasteiger partial charge in [0, 0.05) is 18.7 Å². The number of nitrogens with zero attached hydrogens (tertiary/aromatic N) is 2. The number of hydrogen-bond acceptors (Lipinski definition) is 4. The highest BCUT2D eigenvalue weighted by molar-refractivity contribution is 7.90. The molecule has 106 valence electrons. The van der Waals surface area contributed by atoms with Crippen molar-refractivity contribution in [2.45, 2.75) is 17.7 Å². The van der Waals surface area contributed by atoms with Crippen LogP contribution in [0.5, 0.6) is 0 Å². The summed E-state index contributed by atoms with van der Waals surface area (Å²) in [6, 6.07) is 6.63. The number of likely N-dealkylation sites (tertiary alicyclic amines) is 1. The normalized spacial score (nSPS) is 21.8. The number of carbonyl (C=O) groups is 1. The highest BCUT2D eigenvalue weighted by atomic mass is 32.2. The van der Waals surface area contributed by atoms with E-state index in [2.05, 4.69) is 9.71 Å². The smallest absolute Gasteiger partial charge is 0.263 e. The molecule has 2 aliphatic heterocycles. The topological polar surface area (TPSA) is 78.8 Å². The quantitative estimate of drug-likeness (QED) is 0.854. The molecule has 0 atom stereocenters. The van der Waals surface area contributed by atoms with Gasteiger partial charge in [0.15, 0.2) is 0 Å². The number of aliphatic imine (C=N–C) groups is 1. The summed E-state index contributed by atoms with van der Waals surface area (Å²) in [6.07, 6.45) is 2.05. The minimum atomic E-state index is -3.53. The SMILES string of the molecule is O=C(CN=C1NS(=O)(=O)c2ccccc21)N1CCCC1. The van der Waals surface area contributed by atoms with Crippen LogP contribution in [0.3, 0.4) is 0 Å². The predicted molar refractivity (Wildman–Crippen MR) is 74.0 cm³/mol. The lowest BCUT2D eigenvalue weighted by Gasteiger charge is -2.13. The fourth-order valence-corrected chi connectivity index (χ4v) is 3.72. The van der Waals surface area contributed by atoms with E-state index in [0.717, 1.165) is 25.9 Å². The maximum absolute atomic E-state index is 11.9. The summed E-state index contributed by atoms with van der Waals surface area (Å²) in [5, 5.41) is 0. The number of carbonyl (C=O) groups excluding carboxylic acids is 1. The summed E-state index contributed by atoms with van der Waals surface area (Å²) in [5.41, 5.74) is 0.529. The van der Waals surface area contributed by atoms with Gasteiger partial charge in [-0.2, -0.15) is 0 Å². The van der Waals surface area contributed by atoms with Gasteiger partial charge in [-0.1, -0.05) is 12.1 Å². The molecular formula is C13H15N3O3S. The number of rotatable bonds is 2. The molecule has 0 saturated carbocycles. The number of amidine groups is 1. The highest BCUT2D eigenvalue weighted by Gasteiger charge is 2.30. The van der Waals surface area contributed by atoms with Gasteiger partial charge in [0.1, 0.15) is 12.4 Å². The number of amides is 1. The fourth-order valence-electron chi connectivity index (χ4n) is 2.46. The average molecular weight is 293 g/mol. The molecule has 0 aliphatic carbocycles. The highest BCUT2D eigenvalue weighted by Crippen LogP contribution is 2.22. The van der Waals surface area contributed by atoms with E-state index in [0.29, 0.717) is 5.56 Å². The summed E-state index contributed by atoms with van der Waals surface area (Å²) in [4.78, 5) is 18.0. The molecule has 7 heteroatoms. The van der Waals surface area contributed by atoms with Gasteiger partial charge >= 0.3 is 0 Å². The van der Waals surface area contributed by atoms with Gasteiger partial charge in [-0.05, 0) is 25.0 Å². The number of benzene rings is 1. The Hall–Kier alpha value is -1.89. The Morgan fingerprint density at radius 2 is 1.95 bits per heavy atom. The molecule has 1 aromatic carbocycles. The molecule has 1 saturated heterocycles. The van der Waals surface area contributed by atoms with E-state index < -0.39 is 10.0 Å². The first-order valence-electron chi connectivity index (χ1n) is 6.52. The van der Waals surface area contributed by atoms with Crippen molar-refractivity contribution in [3.05, 3.63) is 29.8 Å². The summed E-state index contributed by atoms with van der Waals surface area (Å²) in [5.74, 6) is 0.201. The molecule has 0 aromatic heterocycles. The van der Waals surface area contributed by atoms with E-state index in [9.17, 15) is 13.2 Å². The van der Waals surface area contributed by atoms with Crippen LogP contribution >= 0.6 is 0 Å². The first-order chi connectivity index (χ1) is 9.58. The predicted octanol–water partition coefficient (Wildman–Crippen LogP) is 0.347. The van der Waals surface area contributed by atoms with Crippen molar-refractivity contribution in [2.75, 3.05) is 19.6 Å². The van der Waals surface area contributed by atoms with E-state index >= 15 is 0 Å². The molecule has 2 heterocycles. The second kappa shape index (κ2) is 4.90. The first-order valence-corrected chi connectivity index (χ1v) is 8.01. The molecule has 1 aromatic rings. The van der Waals surface area contributed by atoms with E-state index in [1.54, 1.807) is 23.1 Å². The maximum Gasteiger partial charge on any atom is 0.263 e. The molecule has 1 fully saturated rings. The Balaban J connectivity index is 1.81. The Kier molecular flexibility index (Phi) is 3.21. The zero-order valence-electron chi connectivity index (χ0n) is 10.9. The van der Waals surface area contributed by atoms with Crippen LogP contribution in [-0.2, 0) is 14.8 Å². The molecule has 0 bridgehead atoms. The summed E-state index contributed by atoms with van der Waals surface area (Å²) < 4.78 is 26.1. The van der Waals surface area contributed by atoms with Gasteiger partial charge in [-0.3, -0.25) is 14.5 Å². The van der Waals surface area contributed by atoms with Crippen molar-refractivity contribution in [1.82, 2.24) is 9.62 Å². The van der Waals surface area contributed by atoms with Crippen LogP contribution in [0.1, 0.15) is 18.4 Å². The van der Waals surface area contributed by atoms with Crippen LogP contribution in [0, 0.1) is 0 Å². The number of nitrogens with one attached hydrogen (secondary N) is 1. The lowest BCUT2D eigenvalue weighted by atomic mass is 10.2. The van der Waals surface area contributed by atoms with Crippen molar-refractivity contribution < 1.29 is 13.2 Å². The largest absolute Gasteiger partial charge is 0.341 e. The molecule has 6 nitrogen and oxygen atoms in total. The van der Waals surface area contributed by atoms with Crippen molar-refractivity contribution >= 4 is 21.8 Å². The molecule has 3 rings (SSSR count). The molecule has 1 N–H and O–H groups in total. The average Bonchev–Trinajstić information content (AvgIpc) is 3.04. The summed E-state index contributed by atoms with van der Waals surface area (Å²) in [6.45, 7) is 1.52. The van der Waals surface area contributed by atoms with Crippen molar-refractivity contribution in [3.8, 4) is 0 Å². The standard InChI is InChI=1S/C13H15N3O3S/c17-12(16-7-3-4-8-16)9-14-13-10-5-1-2-6-11(10)20(18,19)15-13/h1-2,5-6H,3-4,7-9H2,(H,14,15). The fraction of sp³-hybridized carbons (Fsp3) is 0.385. The maximum atomic E-state index is 11.9. The van der Waals surface area contributed by atoms with E-state index in [4.69, 9.17) is 0 Å². The molecule has 1 amide bonds. The van der Waals surface area contributed by atoms with Crippen LogP contribution in [0.15, 0.2) is 34.2 Å². The third-order valence-electron chi connectivity index (χ3n) is 3.49. The Morgan fingerprint density at radius 3 is 2.70 bits per heavy atom. The van der Waals surface area contributed by atoms with Crippen molar-refractivity contribution in [2.24, 2.45) is 4.99 Å². The number of fused-ring (bicyclic) bond motifs is 1. The Labute approximate surface area is 117 Å². The molecule has 0 unspecified atom stereocenters. The van der Waals surface area contributed by atoms with E-state index in [1.807, 2.05) is 0 Å². The van der Waals surface area contributed by atoms with Gasteiger partial charge < -0.3 is 4.90 Å². The number of hydrogen-bond donors (Lipinski definition) is 1. The van der Waals surface area contributed by atoms with Gasteiger partial charge in [-0.15, -0.1) is 0 Å². The zero-order chi connectivity index (χ0) is 14.2. The van der Waals surface area contributed by atoms with Crippen molar-refractivity contribution in [3.63, 3.8) is 0 Å². The van der Waals surface area contributed by atoms with Crippen LogP contribution in [0.2, 0.25) is 0 Å². The Morgan fingerprint density at radius 1 is 1.25 bits per heavy atom. The van der Waals surface area contributed by atoms with Crippen LogP contribution in [-0.4, -0.2) is 44.7 Å². The lowest BCUT2D eigenvalue weighted by Crippen LogP contribution is -2.31. The van der Waals surface area contributed by atoms with Crippen LogP contribution in [0.4, 0.5) is 0 Å². The molecule has 0 radical (unpaired) electrons. The van der Waals surface area contributed by atoms with Gasteiger partial charge in [0.25, 0.3) is 10.0 Å². The first kappa shape index (κ1) is 13.1. The third-order valence-corrected chi connectivity index (χ3v) is 4.89. The minimum Gasteiger partial charge on any atom is -0.341 e. The Bertz CT molecular complexity index is 676. The van der Waals surface area contributed by atoms with Gasteiger partial charge in [0.2, 0.25) is 5.91 Å². The van der Waals surface area contributed by atoms with Gasteiger partial charge in [-0.25, -0.2) is 8.42 Å². The van der Waals surface area contributed by atoms with Crippen LogP contribution in [0.25, 0.3) is 0 Å². The minimum absolute atomic E-state index is 0.0216. The monoisotopic (exact) mass is 293 g/mol. The van der Waals surface area contributed by atoms with E-state index in [-0.39, 0.29) is 23.2 Å². The molecule has 20 heavy (non-hydrogen) atoms. The van der Waals surface area contributed by atoms with Gasteiger partial charge in [0.05, 0.1) is 4.90 Å². The molecule has 0 spiro atoms. The lowest BCUT2D eigenvalue weighted by molar-refractivity contribution is -0.128. The summed E-state index contributed by atoms with van der Waals surface area (Å²) in [7, 11) is -3.53. The molecular weight excluding hydrogens is 278 g/mol. The summed E-state index contributed by atoms with van der Waals surface area (Å²) >= 11 is 0. The third kappa shape index (κ3) is 2.29. The van der Waals surface area contributed by atoms with Crippen LogP contribution < -0.4 is 4.72 Å².